The van der Waals surface area contributed by atoms with Crippen LogP contribution >= 0.6 is 0 Å². The Morgan fingerprint density at radius 3 is 2.48 bits per heavy atom. The predicted molar refractivity (Wildman–Crippen MR) is 91.9 cm³/mol. The van der Waals surface area contributed by atoms with Gasteiger partial charge in [-0.3, -0.25) is 4.79 Å². The number of carbonyl (C=O) groups is 1. The summed E-state index contributed by atoms with van der Waals surface area (Å²) in [4.78, 5) is 13.4. The van der Waals surface area contributed by atoms with E-state index in [0.717, 1.165) is 34.6 Å². The lowest BCUT2D eigenvalue weighted by Gasteiger charge is -2.16. The van der Waals surface area contributed by atoms with Crippen LogP contribution in [0.15, 0.2) is 42.5 Å². The molecule has 1 unspecified atom stereocenters. The molecule has 3 nitrogen and oxygen atoms in total. The molecule has 1 atom stereocenters. The predicted octanol–water partition coefficient (Wildman–Crippen LogP) is 4.44. The van der Waals surface area contributed by atoms with Gasteiger partial charge in [0.25, 0.3) is 0 Å². The quantitative estimate of drug-likeness (QED) is 0.886. The van der Waals surface area contributed by atoms with Crippen molar-refractivity contribution in [3.63, 3.8) is 0 Å². The van der Waals surface area contributed by atoms with Crippen LogP contribution in [0.4, 0.5) is 24.5 Å². The molecule has 0 saturated carbocycles. The lowest BCUT2D eigenvalue weighted by Crippen LogP contribution is -2.20. The molecule has 25 heavy (non-hydrogen) atoms. The van der Waals surface area contributed by atoms with Gasteiger partial charge in [0, 0.05) is 25.0 Å². The number of alkyl halides is 3. The first-order valence-corrected chi connectivity index (χ1v) is 8.06. The maximum atomic E-state index is 12.6. The van der Waals surface area contributed by atoms with Crippen molar-refractivity contribution in [2.45, 2.75) is 25.4 Å². The molecule has 132 valence electrons. The van der Waals surface area contributed by atoms with E-state index >= 15 is 0 Å². The monoisotopic (exact) mass is 348 g/mol. The van der Waals surface area contributed by atoms with Crippen LogP contribution in [0.3, 0.4) is 0 Å². The zero-order valence-corrected chi connectivity index (χ0v) is 14.0. The van der Waals surface area contributed by atoms with Gasteiger partial charge in [-0.15, -0.1) is 0 Å². The zero-order chi connectivity index (χ0) is 18.2. The normalized spacial score (nSPS) is 15.2. The van der Waals surface area contributed by atoms with Crippen LogP contribution in [0.1, 0.15) is 29.5 Å². The van der Waals surface area contributed by atoms with E-state index in [1.165, 1.54) is 12.1 Å². The summed E-state index contributed by atoms with van der Waals surface area (Å²) in [5.74, 6) is 0.130. The number of carbonyl (C=O) groups excluding carboxylic acids is 1. The third kappa shape index (κ3) is 3.62. The average molecular weight is 348 g/mol. The standard InChI is InChI=1S/C19H19F3N2O/c1-12(13-3-5-15(6-4-13)19(20,21)22)11-23-16-7-8-17-14(9-16)10-18(25)24(17)2/h3-9,12,23H,10-11H2,1-2H3. The molecule has 1 aliphatic heterocycles. The molecule has 1 N–H and O–H groups in total. The first-order chi connectivity index (χ1) is 11.8. The molecular formula is C19H19F3N2O. The number of rotatable bonds is 4. The molecule has 0 bridgehead atoms. The lowest BCUT2D eigenvalue weighted by atomic mass is 9.99. The van der Waals surface area contributed by atoms with E-state index in [-0.39, 0.29) is 11.8 Å². The Bertz CT molecular complexity index is 784. The van der Waals surface area contributed by atoms with Gasteiger partial charge in [-0.25, -0.2) is 0 Å². The number of nitrogens with zero attached hydrogens (tertiary/aromatic N) is 1. The number of hydrogen-bond donors (Lipinski definition) is 1. The summed E-state index contributed by atoms with van der Waals surface area (Å²) in [5.41, 5.74) is 3.02. The molecule has 0 fully saturated rings. The van der Waals surface area contributed by atoms with Crippen LogP contribution in [0, 0.1) is 0 Å². The van der Waals surface area contributed by atoms with Crippen LogP contribution < -0.4 is 10.2 Å². The molecule has 1 aliphatic rings. The van der Waals surface area contributed by atoms with Gasteiger partial charge in [-0.1, -0.05) is 19.1 Å². The second kappa shape index (κ2) is 6.43. The minimum absolute atomic E-state index is 0.0554. The van der Waals surface area contributed by atoms with Gasteiger partial charge in [-0.2, -0.15) is 13.2 Å². The van der Waals surface area contributed by atoms with Crippen molar-refractivity contribution in [1.82, 2.24) is 0 Å². The number of nitrogens with one attached hydrogen (secondary N) is 1. The summed E-state index contributed by atoms with van der Waals surface area (Å²) in [6, 6.07) is 11.0. The number of likely N-dealkylation sites (N-methyl/N-ethyl adjacent to an activating group) is 1. The van der Waals surface area contributed by atoms with Gasteiger partial charge in [0.1, 0.15) is 0 Å². The van der Waals surface area contributed by atoms with E-state index in [4.69, 9.17) is 0 Å². The van der Waals surface area contributed by atoms with Gasteiger partial charge >= 0.3 is 6.18 Å². The molecule has 1 amide bonds. The Kier molecular flexibility index (Phi) is 4.45. The molecule has 6 heteroatoms. The van der Waals surface area contributed by atoms with Crippen molar-refractivity contribution < 1.29 is 18.0 Å². The fourth-order valence-corrected chi connectivity index (χ4v) is 2.97. The molecule has 0 aliphatic carbocycles. The highest BCUT2D eigenvalue weighted by Gasteiger charge is 2.30. The number of fused-ring (bicyclic) bond motifs is 1. The van der Waals surface area contributed by atoms with E-state index in [0.29, 0.717) is 13.0 Å². The first-order valence-electron chi connectivity index (χ1n) is 8.06. The van der Waals surface area contributed by atoms with Crippen LogP contribution in [-0.2, 0) is 17.4 Å². The molecule has 0 spiro atoms. The minimum Gasteiger partial charge on any atom is -0.384 e. The first kappa shape index (κ1) is 17.3. The molecule has 0 aromatic heterocycles. The molecular weight excluding hydrogens is 329 g/mol. The third-order valence-electron chi connectivity index (χ3n) is 4.58. The Hall–Kier alpha value is -2.50. The summed E-state index contributed by atoms with van der Waals surface area (Å²) in [5, 5.41) is 3.30. The van der Waals surface area contributed by atoms with Crippen molar-refractivity contribution in [2.24, 2.45) is 0 Å². The summed E-state index contributed by atoms with van der Waals surface area (Å²) < 4.78 is 37.8. The fourth-order valence-electron chi connectivity index (χ4n) is 2.97. The number of benzene rings is 2. The highest BCUT2D eigenvalue weighted by Crippen LogP contribution is 2.31. The van der Waals surface area contributed by atoms with Crippen LogP contribution in [0.25, 0.3) is 0 Å². The van der Waals surface area contributed by atoms with Crippen LogP contribution in [0.5, 0.6) is 0 Å². The van der Waals surface area contributed by atoms with Crippen molar-refractivity contribution >= 4 is 17.3 Å². The van der Waals surface area contributed by atoms with Crippen LogP contribution in [-0.4, -0.2) is 19.5 Å². The van der Waals surface area contributed by atoms with Crippen molar-refractivity contribution in [1.29, 1.82) is 0 Å². The average Bonchev–Trinajstić information content (AvgIpc) is 2.86. The Morgan fingerprint density at radius 1 is 1.16 bits per heavy atom. The Balaban J connectivity index is 1.64. The van der Waals surface area contributed by atoms with Crippen molar-refractivity contribution in [3.8, 4) is 0 Å². The van der Waals surface area contributed by atoms with Gasteiger partial charge in [0.15, 0.2) is 0 Å². The molecule has 2 aromatic carbocycles. The number of anilines is 2. The van der Waals surface area contributed by atoms with Gasteiger partial charge in [-0.05, 0) is 47.4 Å². The third-order valence-corrected chi connectivity index (χ3v) is 4.58. The number of amides is 1. The largest absolute Gasteiger partial charge is 0.416 e. The molecule has 2 aromatic rings. The summed E-state index contributed by atoms with van der Waals surface area (Å²) in [6.07, 6.45) is -3.91. The molecule has 0 saturated heterocycles. The molecule has 0 radical (unpaired) electrons. The van der Waals surface area contributed by atoms with E-state index in [2.05, 4.69) is 5.32 Å². The Morgan fingerprint density at radius 2 is 1.84 bits per heavy atom. The topological polar surface area (TPSA) is 32.3 Å². The molecule has 1 heterocycles. The lowest BCUT2D eigenvalue weighted by molar-refractivity contribution is -0.137. The second-order valence-corrected chi connectivity index (χ2v) is 6.37. The SMILES string of the molecule is CC(CNc1ccc2c(c1)CC(=O)N2C)c1ccc(C(F)(F)F)cc1. The number of hydrogen-bond acceptors (Lipinski definition) is 2. The van der Waals surface area contributed by atoms with Gasteiger partial charge < -0.3 is 10.2 Å². The summed E-state index contributed by atoms with van der Waals surface area (Å²) >= 11 is 0. The van der Waals surface area contributed by atoms with Crippen LogP contribution in [0.2, 0.25) is 0 Å². The highest BCUT2D eigenvalue weighted by molar-refractivity contribution is 6.01. The number of halogens is 3. The second-order valence-electron chi connectivity index (χ2n) is 6.37. The van der Waals surface area contributed by atoms with E-state index < -0.39 is 11.7 Å². The summed E-state index contributed by atoms with van der Waals surface area (Å²) in [6.45, 7) is 2.55. The zero-order valence-electron chi connectivity index (χ0n) is 14.0. The maximum Gasteiger partial charge on any atom is 0.416 e. The van der Waals surface area contributed by atoms with E-state index in [9.17, 15) is 18.0 Å². The smallest absolute Gasteiger partial charge is 0.384 e. The van der Waals surface area contributed by atoms with E-state index in [1.807, 2.05) is 25.1 Å². The van der Waals surface area contributed by atoms with E-state index in [1.54, 1.807) is 11.9 Å². The van der Waals surface area contributed by atoms with Gasteiger partial charge in [0.2, 0.25) is 5.91 Å². The van der Waals surface area contributed by atoms with Gasteiger partial charge in [0.05, 0.1) is 12.0 Å². The summed E-state index contributed by atoms with van der Waals surface area (Å²) in [7, 11) is 1.76. The van der Waals surface area contributed by atoms with Crippen molar-refractivity contribution in [3.05, 3.63) is 59.2 Å². The minimum atomic E-state index is -4.31. The Labute approximate surface area is 144 Å². The van der Waals surface area contributed by atoms with Crippen molar-refractivity contribution in [2.75, 3.05) is 23.8 Å². The maximum absolute atomic E-state index is 12.6. The highest BCUT2D eigenvalue weighted by atomic mass is 19.4. The molecule has 3 rings (SSSR count). The fraction of sp³-hybridized carbons (Fsp3) is 0.316.